The molecule has 0 atom stereocenters. The van der Waals surface area contributed by atoms with Crippen LogP contribution in [0.1, 0.15) is 0 Å². The molecule has 0 bridgehead atoms. The standard InChI is InChI=1S/C19H13N2.C5H5.Fe/c1-2-8-14(9-3-1)18-19(15-10-4-5-11-15)21-17-13-7-6-12-16(17)20-18;1-2-4-5-3-1;/h1-13H;1-5H;/q2*-1;+2. The fraction of sp³-hybridized carbons (Fsp3) is 0. The minimum absolute atomic E-state index is 0. The third kappa shape index (κ3) is 4.40. The third-order valence-corrected chi connectivity index (χ3v) is 4.11. The predicted molar refractivity (Wildman–Crippen MR) is 108 cm³/mol. The van der Waals surface area contributed by atoms with Crippen molar-refractivity contribution in [2.24, 2.45) is 0 Å². The van der Waals surface area contributed by atoms with Crippen LogP contribution in [0.2, 0.25) is 0 Å². The Labute approximate surface area is 169 Å². The van der Waals surface area contributed by atoms with Gasteiger partial charge in [-0.1, -0.05) is 48.0 Å². The fourth-order valence-electron chi connectivity index (χ4n) is 2.85. The van der Waals surface area contributed by atoms with Gasteiger partial charge in [-0.25, -0.2) is 12.1 Å². The second-order valence-electron chi connectivity index (χ2n) is 5.91. The molecule has 0 fully saturated rings. The molecule has 0 amide bonds. The van der Waals surface area contributed by atoms with Gasteiger partial charge >= 0.3 is 17.1 Å². The molecule has 0 unspecified atom stereocenters. The van der Waals surface area contributed by atoms with E-state index in [4.69, 9.17) is 9.97 Å². The van der Waals surface area contributed by atoms with Gasteiger partial charge in [-0.05, 0) is 17.7 Å². The fourth-order valence-corrected chi connectivity index (χ4v) is 2.85. The molecule has 2 nitrogen and oxygen atoms in total. The first-order valence-corrected chi connectivity index (χ1v) is 8.63. The first-order chi connectivity index (χ1) is 12.9. The van der Waals surface area contributed by atoms with Crippen LogP contribution in [0.4, 0.5) is 0 Å². The third-order valence-electron chi connectivity index (χ3n) is 4.11. The van der Waals surface area contributed by atoms with Gasteiger partial charge in [-0.3, -0.25) is 9.97 Å². The van der Waals surface area contributed by atoms with Crippen molar-refractivity contribution in [2.45, 2.75) is 0 Å². The molecule has 5 aromatic rings. The molecular formula is C24H18FeN2. The Hall–Kier alpha value is -3.00. The van der Waals surface area contributed by atoms with E-state index in [0.717, 1.165) is 33.5 Å². The van der Waals surface area contributed by atoms with E-state index < -0.39 is 0 Å². The summed E-state index contributed by atoms with van der Waals surface area (Å²) in [5.41, 5.74) is 5.91. The van der Waals surface area contributed by atoms with Gasteiger partial charge in [0.05, 0.1) is 11.0 Å². The molecule has 0 spiro atoms. The van der Waals surface area contributed by atoms with Crippen LogP contribution in [0.3, 0.4) is 0 Å². The molecule has 0 saturated carbocycles. The van der Waals surface area contributed by atoms with Crippen molar-refractivity contribution in [2.75, 3.05) is 0 Å². The Kier molecular flexibility index (Phi) is 6.32. The maximum atomic E-state index is 4.84. The number of fused-ring (bicyclic) bond motifs is 1. The summed E-state index contributed by atoms with van der Waals surface area (Å²) in [5, 5.41) is 0. The van der Waals surface area contributed by atoms with Gasteiger partial charge in [-0.15, -0.1) is 12.1 Å². The second-order valence-corrected chi connectivity index (χ2v) is 5.91. The molecule has 0 radical (unpaired) electrons. The van der Waals surface area contributed by atoms with E-state index in [1.54, 1.807) is 0 Å². The quantitative estimate of drug-likeness (QED) is 0.269. The predicted octanol–water partition coefficient (Wildman–Crippen LogP) is 6.09. The number of benzene rings is 2. The van der Waals surface area contributed by atoms with E-state index in [9.17, 15) is 0 Å². The molecule has 0 saturated heterocycles. The second kappa shape index (κ2) is 9.09. The molecule has 27 heavy (non-hydrogen) atoms. The van der Waals surface area contributed by atoms with Crippen LogP contribution < -0.4 is 0 Å². The number of rotatable bonds is 2. The molecule has 0 aliphatic carbocycles. The summed E-state index contributed by atoms with van der Waals surface area (Å²) in [6, 6.07) is 36.4. The first kappa shape index (κ1) is 18.8. The topological polar surface area (TPSA) is 25.8 Å². The van der Waals surface area contributed by atoms with E-state index in [1.807, 2.05) is 84.9 Å². The first-order valence-electron chi connectivity index (χ1n) is 8.63. The van der Waals surface area contributed by atoms with Gasteiger partial charge in [0.25, 0.3) is 0 Å². The number of hydrogen-bond donors (Lipinski definition) is 0. The summed E-state index contributed by atoms with van der Waals surface area (Å²) in [4.78, 5) is 9.67. The van der Waals surface area contributed by atoms with E-state index in [0.29, 0.717) is 0 Å². The van der Waals surface area contributed by atoms with Crippen molar-refractivity contribution < 1.29 is 17.1 Å². The molecule has 4 aromatic carbocycles. The SMILES string of the molecule is [Fe+2].c1cc[cH-]c1.c1ccc(-c2nc3ccccc3nc2-[c-]2cccc2)cc1. The summed E-state index contributed by atoms with van der Waals surface area (Å²) < 4.78 is 0. The van der Waals surface area contributed by atoms with Crippen LogP contribution in [0.5, 0.6) is 0 Å². The minimum Gasteiger partial charge on any atom is -0.292 e. The summed E-state index contributed by atoms with van der Waals surface area (Å²) in [7, 11) is 0. The molecule has 5 rings (SSSR count). The van der Waals surface area contributed by atoms with Crippen molar-refractivity contribution >= 4 is 11.0 Å². The maximum Gasteiger partial charge on any atom is 2.00 e. The van der Waals surface area contributed by atoms with Gasteiger partial charge in [-0.2, -0.15) is 30.3 Å². The van der Waals surface area contributed by atoms with Gasteiger partial charge in [0.15, 0.2) is 0 Å². The monoisotopic (exact) mass is 390 g/mol. The smallest absolute Gasteiger partial charge is 0.292 e. The summed E-state index contributed by atoms with van der Waals surface area (Å²) >= 11 is 0. The van der Waals surface area contributed by atoms with Crippen LogP contribution >= 0.6 is 0 Å². The molecule has 0 aliphatic rings. The Bertz CT molecular complexity index is 1050. The maximum absolute atomic E-state index is 4.84. The van der Waals surface area contributed by atoms with Gasteiger partial charge in [0, 0.05) is 11.4 Å². The number of nitrogens with zero attached hydrogens (tertiary/aromatic N) is 2. The zero-order valence-corrected chi connectivity index (χ0v) is 15.7. The van der Waals surface area contributed by atoms with Crippen LogP contribution in [0.15, 0.2) is 109 Å². The van der Waals surface area contributed by atoms with E-state index in [1.165, 1.54) is 0 Å². The molecule has 1 aromatic heterocycles. The van der Waals surface area contributed by atoms with Crippen molar-refractivity contribution in [3.63, 3.8) is 0 Å². The largest absolute Gasteiger partial charge is 2.00 e. The van der Waals surface area contributed by atoms with Crippen molar-refractivity contribution in [1.82, 2.24) is 9.97 Å². The molecule has 132 valence electrons. The molecule has 0 aliphatic heterocycles. The Morgan fingerprint density at radius 2 is 1.22 bits per heavy atom. The molecule has 3 heteroatoms. The average molecular weight is 390 g/mol. The van der Waals surface area contributed by atoms with Crippen LogP contribution in [0, 0.1) is 0 Å². The van der Waals surface area contributed by atoms with Gasteiger partial charge < -0.3 is 0 Å². The van der Waals surface area contributed by atoms with Crippen molar-refractivity contribution in [1.29, 1.82) is 0 Å². The van der Waals surface area contributed by atoms with Crippen LogP contribution in [-0.2, 0) is 17.1 Å². The molecular weight excluding hydrogens is 372 g/mol. The normalized spacial score (nSPS) is 9.93. The number of hydrogen-bond acceptors (Lipinski definition) is 2. The number of aromatic nitrogens is 2. The Balaban J connectivity index is 0.000000306. The van der Waals surface area contributed by atoms with E-state index in [2.05, 4.69) is 24.3 Å². The zero-order chi connectivity index (χ0) is 17.6. The van der Waals surface area contributed by atoms with Crippen LogP contribution in [-0.4, -0.2) is 9.97 Å². The summed E-state index contributed by atoms with van der Waals surface area (Å²) in [5.74, 6) is 0. The zero-order valence-electron chi connectivity index (χ0n) is 14.6. The van der Waals surface area contributed by atoms with Gasteiger partial charge in [0.1, 0.15) is 0 Å². The average Bonchev–Trinajstić information content (AvgIpc) is 3.44. The molecule has 1 heterocycles. The van der Waals surface area contributed by atoms with E-state index >= 15 is 0 Å². The van der Waals surface area contributed by atoms with Crippen molar-refractivity contribution in [3.8, 4) is 22.5 Å². The Morgan fingerprint density at radius 3 is 1.81 bits per heavy atom. The molecule has 0 N–H and O–H groups in total. The minimum atomic E-state index is 0. The van der Waals surface area contributed by atoms with Gasteiger partial charge in [0.2, 0.25) is 0 Å². The Morgan fingerprint density at radius 1 is 0.630 bits per heavy atom. The number of para-hydroxylation sites is 2. The summed E-state index contributed by atoms with van der Waals surface area (Å²) in [6.45, 7) is 0. The van der Waals surface area contributed by atoms with Crippen molar-refractivity contribution in [3.05, 3.63) is 109 Å². The van der Waals surface area contributed by atoms with E-state index in [-0.39, 0.29) is 17.1 Å². The summed E-state index contributed by atoms with van der Waals surface area (Å²) in [6.07, 6.45) is 0. The van der Waals surface area contributed by atoms with Crippen LogP contribution in [0.25, 0.3) is 33.5 Å².